The third-order valence-electron chi connectivity index (χ3n) is 4.34. The van der Waals surface area contributed by atoms with Crippen molar-refractivity contribution in [3.8, 4) is 11.1 Å². The number of carbonyl (C=O) groups excluding carboxylic acids is 3. The Labute approximate surface area is 138 Å². The van der Waals surface area contributed by atoms with E-state index in [9.17, 15) is 14.4 Å². The van der Waals surface area contributed by atoms with E-state index in [2.05, 4.69) is 0 Å². The van der Waals surface area contributed by atoms with Crippen LogP contribution in [0.15, 0.2) is 42.5 Å². The molecule has 24 heavy (non-hydrogen) atoms. The van der Waals surface area contributed by atoms with Crippen molar-refractivity contribution in [2.45, 2.75) is 25.6 Å². The van der Waals surface area contributed by atoms with Gasteiger partial charge in [0, 0.05) is 17.5 Å². The number of hydrogen-bond donors (Lipinski definition) is 0. The van der Waals surface area contributed by atoms with Crippen LogP contribution >= 0.6 is 0 Å². The van der Waals surface area contributed by atoms with Crippen LogP contribution in [-0.2, 0) is 14.3 Å². The zero-order valence-corrected chi connectivity index (χ0v) is 12.9. The van der Waals surface area contributed by atoms with Gasteiger partial charge >= 0.3 is 11.9 Å². The number of hydrogen-bond acceptors (Lipinski definition) is 5. The molecular formula is C19H14O5. The van der Waals surface area contributed by atoms with Crippen LogP contribution in [0.5, 0.6) is 0 Å². The Bertz CT molecular complexity index is 883. The number of ketones is 1. The van der Waals surface area contributed by atoms with Crippen molar-refractivity contribution in [3.63, 3.8) is 0 Å². The van der Waals surface area contributed by atoms with Crippen molar-refractivity contribution in [1.29, 1.82) is 0 Å². The molecule has 2 aromatic carbocycles. The highest BCUT2D eigenvalue weighted by molar-refractivity contribution is 6.22. The van der Waals surface area contributed by atoms with Crippen LogP contribution in [0.25, 0.3) is 11.1 Å². The van der Waals surface area contributed by atoms with E-state index in [1.165, 1.54) is 6.07 Å². The highest BCUT2D eigenvalue weighted by Crippen LogP contribution is 2.36. The fourth-order valence-electron chi connectivity index (χ4n) is 3.17. The maximum absolute atomic E-state index is 12.5. The van der Waals surface area contributed by atoms with Crippen LogP contribution in [0.4, 0.5) is 0 Å². The molecule has 0 N–H and O–H groups in total. The lowest BCUT2D eigenvalue weighted by Gasteiger charge is -2.09. The summed E-state index contributed by atoms with van der Waals surface area (Å²) in [7, 11) is 0. The zero-order chi connectivity index (χ0) is 16.8. The first-order chi connectivity index (χ1) is 11.5. The quantitative estimate of drug-likeness (QED) is 0.679. The SMILES string of the molecule is C[C@H]1C[C@@H](OC(=O)c2ccc3c(c2)C(=O)c2ccccc2-3)C(=O)O1. The van der Waals surface area contributed by atoms with Gasteiger partial charge in [-0.25, -0.2) is 9.59 Å². The Morgan fingerprint density at radius 1 is 1.04 bits per heavy atom. The molecule has 0 aromatic heterocycles. The highest BCUT2D eigenvalue weighted by atomic mass is 16.6. The van der Waals surface area contributed by atoms with Gasteiger partial charge in [-0.3, -0.25) is 4.79 Å². The third-order valence-corrected chi connectivity index (χ3v) is 4.34. The van der Waals surface area contributed by atoms with E-state index in [-0.39, 0.29) is 17.5 Å². The molecule has 4 rings (SSSR count). The lowest BCUT2D eigenvalue weighted by atomic mass is 10.0. The minimum atomic E-state index is -0.881. The molecule has 2 aliphatic rings. The van der Waals surface area contributed by atoms with Crippen LogP contribution in [0.2, 0.25) is 0 Å². The summed E-state index contributed by atoms with van der Waals surface area (Å²) in [6.45, 7) is 1.75. The van der Waals surface area contributed by atoms with E-state index in [0.717, 1.165) is 11.1 Å². The molecule has 5 heteroatoms. The van der Waals surface area contributed by atoms with Gasteiger partial charge in [0.15, 0.2) is 5.78 Å². The van der Waals surface area contributed by atoms with Gasteiger partial charge in [0.25, 0.3) is 0 Å². The average Bonchev–Trinajstić information content (AvgIpc) is 3.05. The van der Waals surface area contributed by atoms with Gasteiger partial charge in [-0.1, -0.05) is 30.3 Å². The number of carbonyl (C=O) groups is 3. The molecule has 0 bridgehead atoms. The first kappa shape index (κ1) is 14.6. The highest BCUT2D eigenvalue weighted by Gasteiger charge is 2.35. The number of cyclic esters (lactones) is 1. The molecule has 0 saturated carbocycles. The lowest BCUT2D eigenvalue weighted by molar-refractivity contribution is -0.147. The Balaban J connectivity index is 1.62. The number of esters is 2. The number of rotatable bonds is 2. The molecule has 0 spiro atoms. The maximum atomic E-state index is 12.5. The Kier molecular flexibility index (Phi) is 3.23. The molecular weight excluding hydrogens is 308 g/mol. The van der Waals surface area contributed by atoms with Crippen molar-refractivity contribution < 1.29 is 23.9 Å². The van der Waals surface area contributed by atoms with Crippen LogP contribution in [0, 0.1) is 0 Å². The number of fused-ring (bicyclic) bond motifs is 3. The second-order valence-electron chi connectivity index (χ2n) is 6.01. The molecule has 2 aromatic rings. The summed E-state index contributed by atoms with van der Waals surface area (Å²) in [4.78, 5) is 36.4. The summed E-state index contributed by atoms with van der Waals surface area (Å²) in [5, 5.41) is 0. The van der Waals surface area contributed by atoms with Gasteiger partial charge in [-0.05, 0) is 30.2 Å². The Morgan fingerprint density at radius 3 is 2.46 bits per heavy atom. The predicted octanol–water partition coefficient (Wildman–Crippen LogP) is 2.76. The number of ether oxygens (including phenoxy) is 2. The maximum Gasteiger partial charge on any atom is 0.347 e. The predicted molar refractivity (Wildman–Crippen MR) is 84.7 cm³/mol. The van der Waals surface area contributed by atoms with Crippen LogP contribution in [0.1, 0.15) is 39.6 Å². The zero-order valence-electron chi connectivity index (χ0n) is 12.9. The average molecular weight is 322 g/mol. The molecule has 1 aliphatic carbocycles. The van der Waals surface area contributed by atoms with Gasteiger partial charge in [0.2, 0.25) is 6.10 Å². The van der Waals surface area contributed by atoms with Gasteiger partial charge < -0.3 is 9.47 Å². The minimum absolute atomic E-state index is 0.107. The Morgan fingerprint density at radius 2 is 1.75 bits per heavy atom. The van der Waals surface area contributed by atoms with Crippen LogP contribution < -0.4 is 0 Å². The normalized spacial score (nSPS) is 21.2. The molecule has 2 atom stereocenters. The molecule has 1 heterocycles. The van der Waals surface area contributed by atoms with Crippen molar-refractivity contribution >= 4 is 17.7 Å². The molecule has 0 unspecified atom stereocenters. The van der Waals surface area contributed by atoms with E-state index in [1.54, 1.807) is 25.1 Å². The van der Waals surface area contributed by atoms with Gasteiger partial charge in [0.1, 0.15) is 6.10 Å². The summed E-state index contributed by atoms with van der Waals surface area (Å²) in [6.07, 6.45) is -0.792. The van der Waals surface area contributed by atoms with Crippen molar-refractivity contribution in [3.05, 3.63) is 59.2 Å². The van der Waals surface area contributed by atoms with Crippen molar-refractivity contribution in [2.24, 2.45) is 0 Å². The molecule has 0 radical (unpaired) electrons. The second-order valence-corrected chi connectivity index (χ2v) is 6.01. The Hall–Kier alpha value is -2.95. The van der Waals surface area contributed by atoms with Crippen LogP contribution in [-0.4, -0.2) is 29.9 Å². The fourth-order valence-corrected chi connectivity index (χ4v) is 3.17. The molecule has 1 aliphatic heterocycles. The summed E-state index contributed by atoms with van der Waals surface area (Å²) in [5.74, 6) is -1.26. The number of benzene rings is 2. The van der Waals surface area contributed by atoms with Crippen LogP contribution in [0.3, 0.4) is 0 Å². The summed E-state index contributed by atoms with van der Waals surface area (Å²) >= 11 is 0. The monoisotopic (exact) mass is 322 g/mol. The second kappa shape index (κ2) is 5.30. The summed E-state index contributed by atoms with van der Waals surface area (Å²) in [5.41, 5.74) is 3.04. The lowest BCUT2D eigenvalue weighted by Crippen LogP contribution is -2.22. The van der Waals surface area contributed by atoms with E-state index in [4.69, 9.17) is 9.47 Å². The standard InChI is InChI=1S/C19H14O5/c1-10-8-16(19(22)23-10)24-18(21)11-6-7-13-12-4-2-3-5-14(12)17(20)15(13)9-11/h2-7,9-10,16H,8H2,1H3/t10-,16+/m0/s1. The molecule has 1 saturated heterocycles. The van der Waals surface area contributed by atoms with E-state index >= 15 is 0 Å². The van der Waals surface area contributed by atoms with E-state index in [0.29, 0.717) is 17.5 Å². The van der Waals surface area contributed by atoms with Gasteiger partial charge in [0.05, 0.1) is 5.56 Å². The van der Waals surface area contributed by atoms with Crippen molar-refractivity contribution in [1.82, 2.24) is 0 Å². The molecule has 120 valence electrons. The summed E-state index contributed by atoms with van der Waals surface area (Å²) < 4.78 is 10.2. The van der Waals surface area contributed by atoms with E-state index < -0.39 is 18.0 Å². The van der Waals surface area contributed by atoms with Crippen molar-refractivity contribution in [2.75, 3.05) is 0 Å². The fraction of sp³-hybridized carbons (Fsp3) is 0.211. The molecule has 1 fully saturated rings. The summed E-state index contributed by atoms with van der Waals surface area (Å²) in [6, 6.07) is 12.2. The largest absolute Gasteiger partial charge is 0.460 e. The van der Waals surface area contributed by atoms with Gasteiger partial charge in [-0.2, -0.15) is 0 Å². The van der Waals surface area contributed by atoms with Gasteiger partial charge in [-0.15, -0.1) is 0 Å². The molecule has 0 amide bonds. The first-order valence-corrected chi connectivity index (χ1v) is 7.74. The smallest absolute Gasteiger partial charge is 0.347 e. The third kappa shape index (κ3) is 2.21. The van der Waals surface area contributed by atoms with E-state index in [1.807, 2.05) is 18.2 Å². The molecule has 5 nitrogen and oxygen atoms in total. The topological polar surface area (TPSA) is 69.7 Å². The first-order valence-electron chi connectivity index (χ1n) is 7.74. The minimum Gasteiger partial charge on any atom is -0.460 e.